The number of nitrogens with zero attached hydrogens (tertiary/aromatic N) is 2. The Balaban J connectivity index is 2.31. The number of hydrogen-bond acceptors (Lipinski definition) is 3. The summed E-state index contributed by atoms with van der Waals surface area (Å²) < 4.78 is 3.18. The average molecular weight is 351 g/mol. The van der Waals surface area contributed by atoms with E-state index in [4.69, 9.17) is 5.84 Å². The predicted molar refractivity (Wildman–Crippen MR) is 89.9 cm³/mol. The lowest BCUT2D eigenvalue weighted by Gasteiger charge is -2.19. The molecule has 3 N–H and O–H groups in total. The molecule has 0 fully saturated rings. The summed E-state index contributed by atoms with van der Waals surface area (Å²) >= 11 is 3.59. The fraction of sp³-hybridized carbons (Fsp3) is 0.438. The quantitative estimate of drug-likeness (QED) is 0.620. The van der Waals surface area contributed by atoms with Gasteiger partial charge in [0.15, 0.2) is 0 Å². The summed E-state index contributed by atoms with van der Waals surface area (Å²) in [4.78, 5) is 0. The molecule has 0 saturated heterocycles. The van der Waals surface area contributed by atoms with Gasteiger partial charge in [0.2, 0.25) is 0 Å². The summed E-state index contributed by atoms with van der Waals surface area (Å²) in [6, 6.07) is 8.48. The minimum Gasteiger partial charge on any atom is -0.271 e. The van der Waals surface area contributed by atoms with Crippen LogP contribution in [-0.4, -0.2) is 9.78 Å². The number of nitrogens with two attached hydrogens (primary N) is 1. The maximum absolute atomic E-state index is 5.81. The van der Waals surface area contributed by atoms with Gasteiger partial charge in [-0.15, -0.1) is 0 Å². The number of nitrogens with one attached hydrogen (secondary N) is 1. The van der Waals surface area contributed by atoms with Crippen LogP contribution in [0.25, 0.3) is 0 Å². The Morgan fingerprint density at radius 3 is 2.76 bits per heavy atom. The van der Waals surface area contributed by atoms with Crippen LogP contribution in [0.2, 0.25) is 0 Å². The summed E-state index contributed by atoms with van der Waals surface area (Å²) in [5.74, 6) is 5.81. The molecule has 1 aromatic carbocycles. The molecule has 0 amide bonds. The Bertz CT molecular complexity index is 606. The minimum absolute atomic E-state index is 0.0780. The lowest BCUT2D eigenvalue weighted by Crippen LogP contribution is -2.30. The predicted octanol–water partition coefficient (Wildman–Crippen LogP) is 3.28. The zero-order chi connectivity index (χ0) is 15.4. The van der Waals surface area contributed by atoms with Crippen molar-refractivity contribution >= 4 is 15.9 Å². The summed E-state index contributed by atoms with van der Waals surface area (Å²) in [5, 5.41) is 4.61. The second kappa shape index (κ2) is 7.20. The van der Waals surface area contributed by atoms with Crippen LogP contribution in [0.3, 0.4) is 0 Å². The van der Waals surface area contributed by atoms with Crippen molar-refractivity contribution in [1.82, 2.24) is 15.2 Å². The molecule has 0 radical (unpaired) electrons. The van der Waals surface area contributed by atoms with Crippen LogP contribution in [0.15, 0.2) is 28.7 Å². The molecule has 0 bridgehead atoms. The van der Waals surface area contributed by atoms with E-state index in [2.05, 4.69) is 70.1 Å². The fourth-order valence-corrected chi connectivity index (χ4v) is 2.98. The van der Waals surface area contributed by atoms with E-state index in [0.29, 0.717) is 0 Å². The van der Waals surface area contributed by atoms with Gasteiger partial charge in [0.05, 0.1) is 11.7 Å². The zero-order valence-electron chi connectivity index (χ0n) is 12.9. The van der Waals surface area contributed by atoms with Crippen molar-refractivity contribution in [1.29, 1.82) is 0 Å². The molecule has 1 unspecified atom stereocenters. The number of rotatable bonds is 6. The largest absolute Gasteiger partial charge is 0.271 e. The first-order chi connectivity index (χ1) is 10.1. The molecule has 2 aromatic rings. The van der Waals surface area contributed by atoms with Crippen molar-refractivity contribution in [3.63, 3.8) is 0 Å². The van der Waals surface area contributed by atoms with Crippen molar-refractivity contribution in [3.8, 4) is 0 Å². The van der Waals surface area contributed by atoms with Gasteiger partial charge in [-0.05, 0) is 43.5 Å². The topological polar surface area (TPSA) is 55.9 Å². The van der Waals surface area contributed by atoms with Crippen LogP contribution >= 0.6 is 15.9 Å². The lowest BCUT2D eigenvalue weighted by atomic mass is 9.98. The SMILES string of the molecule is CCc1cc(CC(NN)c2cccc(Br)c2C)n(CC)n1. The number of hydrogen-bond donors (Lipinski definition) is 2. The second-order valence-corrected chi connectivity index (χ2v) is 6.03. The van der Waals surface area contributed by atoms with E-state index in [1.807, 2.05) is 6.07 Å². The molecule has 2 rings (SSSR count). The fourth-order valence-electron chi connectivity index (χ4n) is 2.60. The van der Waals surface area contributed by atoms with Crippen LogP contribution in [0.1, 0.15) is 42.4 Å². The van der Waals surface area contributed by atoms with Gasteiger partial charge in [-0.25, -0.2) is 0 Å². The molecule has 4 nitrogen and oxygen atoms in total. The number of halogens is 1. The summed E-state index contributed by atoms with van der Waals surface area (Å²) in [6.45, 7) is 7.23. The molecule has 1 atom stereocenters. The molecule has 0 aliphatic rings. The molecule has 114 valence electrons. The van der Waals surface area contributed by atoms with Crippen molar-refractivity contribution < 1.29 is 0 Å². The first kappa shape index (κ1) is 16.2. The smallest absolute Gasteiger partial charge is 0.0624 e. The van der Waals surface area contributed by atoms with E-state index in [1.165, 1.54) is 16.8 Å². The van der Waals surface area contributed by atoms with E-state index in [-0.39, 0.29) is 6.04 Å². The molecule has 0 spiro atoms. The van der Waals surface area contributed by atoms with Gasteiger partial charge in [-0.1, -0.05) is 35.0 Å². The normalized spacial score (nSPS) is 12.6. The maximum Gasteiger partial charge on any atom is 0.0624 e. The molecule has 0 saturated carbocycles. The monoisotopic (exact) mass is 350 g/mol. The van der Waals surface area contributed by atoms with Crippen molar-refractivity contribution in [2.45, 2.75) is 46.2 Å². The number of aromatic nitrogens is 2. The van der Waals surface area contributed by atoms with Crippen molar-refractivity contribution in [2.24, 2.45) is 5.84 Å². The van der Waals surface area contributed by atoms with Crippen molar-refractivity contribution in [3.05, 3.63) is 51.3 Å². The average Bonchev–Trinajstić information content (AvgIpc) is 2.90. The van der Waals surface area contributed by atoms with E-state index in [9.17, 15) is 0 Å². The van der Waals surface area contributed by atoms with Gasteiger partial charge >= 0.3 is 0 Å². The highest BCUT2D eigenvalue weighted by molar-refractivity contribution is 9.10. The second-order valence-electron chi connectivity index (χ2n) is 5.17. The standard InChI is InChI=1S/C16H23BrN4/c1-4-12-9-13(21(5-2)20-12)10-16(19-18)14-7-6-8-15(17)11(14)3/h6-9,16,19H,4-5,10,18H2,1-3H3. The third-order valence-electron chi connectivity index (χ3n) is 3.88. The number of benzene rings is 1. The summed E-state index contributed by atoms with van der Waals surface area (Å²) in [6.07, 6.45) is 1.78. The van der Waals surface area contributed by atoms with Crippen LogP contribution in [0.4, 0.5) is 0 Å². The lowest BCUT2D eigenvalue weighted by molar-refractivity contribution is 0.514. The van der Waals surface area contributed by atoms with Gasteiger partial charge in [0.1, 0.15) is 0 Å². The highest BCUT2D eigenvalue weighted by Crippen LogP contribution is 2.26. The zero-order valence-corrected chi connectivity index (χ0v) is 14.4. The Morgan fingerprint density at radius 1 is 1.38 bits per heavy atom. The maximum atomic E-state index is 5.81. The first-order valence-corrected chi connectivity index (χ1v) is 8.16. The molecule has 1 heterocycles. The van der Waals surface area contributed by atoms with Gasteiger partial charge in [-0.3, -0.25) is 16.0 Å². The van der Waals surface area contributed by atoms with Gasteiger partial charge < -0.3 is 0 Å². The highest BCUT2D eigenvalue weighted by Gasteiger charge is 2.17. The van der Waals surface area contributed by atoms with Crippen LogP contribution in [-0.2, 0) is 19.4 Å². The van der Waals surface area contributed by atoms with E-state index in [0.717, 1.165) is 29.6 Å². The van der Waals surface area contributed by atoms with Gasteiger partial charge in [-0.2, -0.15) is 5.10 Å². The Hall–Kier alpha value is -1.17. The summed E-state index contributed by atoms with van der Waals surface area (Å²) in [5.41, 5.74) is 7.74. The summed E-state index contributed by atoms with van der Waals surface area (Å²) in [7, 11) is 0. The third-order valence-corrected chi connectivity index (χ3v) is 4.73. The van der Waals surface area contributed by atoms with Gasteiger partial charge in [0, 0.05) is 23.1 Å². The van der Waals surface area contributed by atoms with Crippen LogP contribution in [0, 0.1) is 6.92 Å². The van der Waals surface area contributed by atoms with Crippen LogP contribution in [0.5, 0.6) is 0 Å². The Labute approximate surface area is 134 Å². The highest BCUT2D eigenvalue weighted by atomic mass is 79.9. The van der Waals surface area contributed by atoms with E-state index in [1.54, 1.807) is 0 Å². The number of aryl methyl sites for hydroxylation is 2. The van der Waals surface area contributed by atoms with Crippen molar-refractivity contribution in [2.75, 3.05) is 0 Å². The first-order valence-electron chi connectivity index (χ1n) is 7.37. The van der Waals surface area contributed by atoms with Gasteiger partial charge in [0.25, 0.3) is 0 Å². The third kappa shape index (κ3) is 3.54. The number of hydrazine groups is 1. The van der Waals surface area contributed by atoms with Crippen LogP contribution < -0.4 is 11.3 Å². The molecule has 21 heavy (non-hydrogen) atoms. The van der Waals surface area contributed by atoms with E-state index < -0.39 is 0 Å². The Morgan fingerprint density at radius 2 is 2.14 bits per heavy atom. The Kier molecular flexibility index (Phi) is 5.56. The molecular formula is C16H23BrN4. The van der Waals surface area contributed by atoms with E-state index >= 15 is 0 Å². The molecule has 0 aliphatic heterocycles. The molecule has 5 heteroatoms. The molecule has 1 aromatic heterocycles. The minimum atomic E-state index is 0.0780. The molecular weight excluding hydrogens is 328 g/mol. The molecule has 0 aliphatic carbocycles.